The summed E-state index contributed by atoms with van der Waals surface area (Å²) in [5.41, 5.74) is 0.668. The quantitative estimate of drug-likeness (QED) is 0.912. The van der Waals surface area contributed by atoms with E-state index in [0.717, 1.165) is 16.9 Å². The number of aliphatic carboxylic acids is 1. The minimum atomic E-state index is -0.701. The Morgan fingerprint density at radius 3 is 2.55 bits per heavy atom. The largest absolute Gasteiger partial charge is 0.481 e. The number of hydrogen-bond acceptors (Lipinski definition) is 5. The molecule has 0 unspecified atom stereocenters. The molecule has 1 aliphatic heterocycles. The summed E-state index contributed by atoms with van der Waals surface area (Å²) in [6, 6.07) is 0. The molecular formula is C15H21N5O2. The molecule has 1 N–H and O–H groups in total. The van der Waals surface area contributed by atoms with Gasteiger partial charge >= 0.3 is 5.97 Å². The molecule has 3 rings (SSSR count). The zero-order chi connectivity index (χ0) is 15.9. The number of hydrogen-bond donors (Lipinski definition) is 1. The van der Waals surface area contributed by atoms with E-state index in [0.29, 0.717) is 25.9 Å². The van der Waals surface area contributed by atoms with Crippen molar-refractivity contribution >= 4 is 22.8 Å². The highest BCUT2D eigenvalue weighted by molar-refractivity contribution is 5.87. The van der Waals surface area contributed by atoms with Crippen LogP contribution in [0.4, 0.5) is 5.82 Å². The summed E-state index contributed by atoms with van der Waals surface area (Å²) < 4.78 is 1.90. The average molecular weight is 303 g/mol. The molecule has 1 saturated heterocycles. The van der Waals surface area contributed by atoms with E-state index in [9.17, 15) is 4.79 Å². The Labute approximate surface area is 129 Å². The van der Waals surface area contributed by atoms with Crippen LogP contribution in [-0.2, 0) is 10.3 Å². The zero-order valence-electron chi connectivity index (χ0n) is 13.2. The monoisotopic (exact) mass is 303 g/mol. The number of carboxylic acids is 1. The Balaban J connectivity index is 1.93. The molecule has 3 heterocycles. The molecule has 0 radical (unpaired) electrons. The Morgan fingerprint density at radius 2 is 1.95 bits per heavy atom. The van der Waals surface area contributed by atoms with Crippen molar-refractivity contribution < 1.29 is 9.90 Å². The third-order valence-electron chi connectivity index (χ3n) is 4.12. The van der Waals surface area contributed by atoms with Crippen molar-refractivity contribution in [3.8, 4) is 0 Å². The average Bonchev–Trinajstić information content (AvgIpc) is 2.91. The van der Waals surface area contributed by atoms with Crippen LogP contribution in [0.25, 0.3) is 11.0 Å². The second-order valence-corrected chi connectivity index (χ2v) is 6.76. The molecule has 22 heavy (non-hydrogen) atoms. The van der Waals surface area contributed by atoms with Gasteiger partial charge < -0.3 is 10.0 Å². The van der Waals surface area contributed by atoms with Gasteiger partial charge in [-0.15, -0.1) is 0 Å². The van der Waals surface area contributed by atoms with Gasteiger partial charge in [0.05, 0.1) is 23.0 Å². The van der Waals surface area contributed by atoms with Crippen molar-refractivity contribution in [3.63, 3.8) is 0 Å². The van der Waals surface area contributed by atoms with E-state index in [2.05, 4.69) is 40.7 Å². The number of rotatable bonds is 2. The Kier molecular flexibility index (Phi) is 3.50. The summed E-state index contributed by atoms with van der Waals surface area (Å²) in [5.74, 6) is -0.0942. The molecule has 118 valence electrons. The van der Waals surface area contributed by atoms with Gasteiger partial charge in [-0.2, -0.15) is 5.10 Å². The van der Waals surface area contributed by atoms with Crippen LogP contribution in [0.15, 0.2) is 12.5 Å². The van der Waals surface area contributed by atoms with Gasteiger partial charge in [-0.3, -0.25) is 4.79 Å². The highest BCUT2D eigenvalue weighted by Crippen LogP contribution is 2.29. The van der Waals surface area contributed by atoms with Crippen LogP contribution in [0.3, 0.4) is 0 Å². The summed E-state index contributed by atoms with van der Waals surface area (Å²) in [6.07, 6.45) is 4.66. The Morgan fingerprint density at radius 1 is 1.27 bits per heavy atom. The first-order valence-electron chi connectivity index (χ1n) is 7.55. The second-order valence-electron chi connectivity index (χ2n) is 6.76. The minimum absolute atomic E-state index is 0.149. The summed E-state index contributed by atoms with van der Waals surface area (Å²) in [6.45, 7) is 7.65. The number of carboxylic acid groups (broad SMARTS) is 1. The van der Waals surface area contributed by atoms with Gasteiger partial charge in [-0.05, 0) is 33.6 Å². The third-order valence-corrected chi connectivity index (χ3v) is 4.12. The van der Waals surface area contributed by atoms with Crippen LogP contribution in [0.5, 0.6) is 0 Å². The van der Waals surface area contributed by atoms with Crippen LogP contribution in [0, 0.1) is 5.92 Å². The van der Waals surface area contributed by atoms with E-state index < -0.39 is 5.97 Å². The van der Waals surface area contributed by atoms with Crippen LogP contribution in [-0.4, -0.2) is 43.9 Å². The number of anilines is 1. The van der Waals surface area contributed by atoms with Crippen molar-refractivity contribution in [1.82, 2.24) is 19.7 Å². The van der Waals surface area contributed by atoms with Crippen molar-refractivity contribution in [3.05, 3.63) is 12.5 Å². The lowest BCUT2D eigenvalue weighted by molar-refractivity contribution is -0.142. The van der Waals surface area contributed by atoms with Gasteiger partial charge in [0.1, 0.15) is 12.1 Å². The maximum Gasteiger partial charge on any atom is 0.306 e. The molecular weight excluding hydrogens is 282 g/mol. The molecule has 0 spiro atoms. The first-order valence-corrected chi connectivity index (χ1v) is 7.55. The maximum absolute atomic E-state index is 11.1. The smallest absolute Gasteiger partial charge is 0.306 e. The fourth-order valence-corrected chi connectivity index (χ4v) is 2.91. The topological polar surface area (TPSA) is 84.1 Å². The fourth-order valence-electron chi connectivity index (χ4n) is 2.91. The first kappa shape index (κ1) is 14.7. The predicted octanol–water partition coefficient (Wildman–Crippen LogP) is 1.88. The lowest BCUT2D eigenvalue weighted by Gasteiger charge is -2.31. The minimum Gasteiger partial charge on any atom is -0.481 e. The summed E-state index contributed by atoms with van der Waals surface area (Å²) >= 11 is 0. The molecule has 7 heteroatoms. The molecule has 1 fully saturated rings. The lowest BCUT2D eigenvalue weighted by Crippen LogP contribution is -2.36. The van der Waals surface area contributed by atoms with Gasteiger partial charge in [0.2, 0.25) is 0 Å². The molecule has 0 aliphatic carbocycles. The van der Waals surface area contributed by atoms with Crippen LogP contribution in [0.2, 0.25) is 0 Å². The third kappa shape index (κ3) is 2.51. The number of nitrogens with zero attached hydrogens (tertiary/aromatic N) is 5. The summed E-state index contributed by atoms with van der Waals surface area (Å²) in [7, 11) is 0. The molecule has 0 atom stereocenters. The zero-order valence-corrected chi connectivity index (χ0v) is 13.2. The maximum atomic E-state index is 11.1. The van der Waals surface area contributed by atoms with Crippen LogP contribution >= 0.6 is 0 Å². The first-order chi connectivity index (χ1) is 10.4. The van der Waals surface area contributed by atoms with Crippen LogP contribution < -0.4 is 4.90 Å². The number of aromatic nitrogens is 4. The lowest BCUT2D eigenvalue weighted by atomic mass is 9.97. The van der Waals surface area contributed by atoms with E-state index in [4.69, 9.17) is 5.11 Å². The fraction of sp³-hybridized carbons (Fsp3) is 0.600. The highest BCUT2D eigenvalue weighted by Gasteiger charge is 2.27. The Hall–Kier alpha value is -2.18. The van der Waals surface area contributed by atoms with E-state index in [1.165, 1.54) is 0 Å². The second kappa shape index (κ2) is 5.23. The molecule has 2 aromatic heterocycles. The van der Waals surface area contributed by atoms with Gasteiger partial charge in [-0.25, -0.2) is 14.6 Å². The molecule has 1 aliphatic rings. The van der Waals surface area contributed by atoms with Crippen molar-refractivity contribution in [1.29, 1.82) is 0 Å². The molecule has 0 aromatic carbocycles. The van der Waals surface area contributed by atoms with Gasteiger partial charge in [-0.1, -0.05) is 0 Å². The predicted molar refractivity (Wildman–Crippen MR) is 82.9 cm³/mol. The normalized spacial score (nSPS) is 17.1. The van der Waals surface area contributed by atoms with E-state index in [1.54, 1.807) is 12.5 Å². The molecule has 7 nitrogen and oxygen atoms in total. The van der Waals surface area contributed by atoms with Crippen molar-refractivity contribution in [2.75, 3.05) is 18.0 Å². The van der Waals surface area contributed by atoms with Crippen molar-refractivity contribution in [2.45, 2.75) is 39.2 Å². The number of fused-ring (bicyclic) bond motifs is 1. The summed E-state index contributed by atoms with van der Waals surface area (Å²) in [5, 5.41) is 14.5. The van der Waals surface area contributed by atoms with Gasteiger partial charge in [0.25, 0.3) is 0 Å². The number of piperidine rings is 1. The molecule has 0 bridgehead atoms. The highest BCUT2D eigenvalue weighted by atomic mass is 16.4. The Bertz CT molecular complexity index is 696. The van der Waals surface area contributed by atoms with Crippen molar-refractivity contribution in [2.24, 2.45) is 5.92 Å². The van der Waals surface area contributed by atoms with Crippen LogP contribution in [0.1, 0.15) is 33.6 Å². The molecule has 0 amide bonds. The van der Waals surface area contributed by atoms with Gasteiger partial charge in [0, 0.05) is 13.1 Å². The van der Waals surface area contributed by atoms with Gasteiger partial charge in [0.15, 0.2) is 5.65 Å². The summed E-state index contributed by atoms with van der Waals surface area (Å²) in [4.78, 5) is 22.0. The molecule has 0 saturated carbocycles. The molecule has 2 aromatic rings. The van der Waals surface area contributed by atoms with E-state index in [-0.39, 0.29) is 11.5 Å². The standard InChI is InChI=1S/C15H21N5O2/c1-15(2,3)20-13-11(8-18-20)12(16-9-17-13)19-6-4-10(5-7-19)14(21)22/h8-10H,4-7H2,1-3H3,(H,21,22). The van der Waals surface area contributed by atoms with E-state index in [1.807, 2.05) is 4.68 Å². The van der Waals surface area contributed by atoms with E-state index >= 15 is 0 Å². The SMILES string of the molecule is CC(C)(C)n1ncc2c(N3CCC(C(=O)O)CC3)ncnc21. The number of carbonyl (C=O) groups is 1.